The number of hydrogen-bond donors (Lipinski definition) is 3. The minimum atomic E-state index is -0.698. The van der Waals surface area contributed by atoms with E-state index in [9.17, 15) is 14.3 Å². The standard InChI is InChI=1S/C23H25ClFN5O3/c1-29-5-7-30(8-6-29)19-11-14-18(12-20(19)33-10-9-31)27-13-15(23(26)32)22(14)28-17-4-2-3-16(24)21(17)25/h2-4,11-13,31H,5-10H2,1H3,(H2,26,32)(H,27,28). The molecule has 0 bridgehead atoms. The number of carbonyl (C=O) groups excluding carboxylic acids is 1. The summed E-state index contributed by atoms with van der Waals surface area (Å²) in [6.45, 7) is 3.28. The number of ether oxygens (including phenoxy) is 1. The molecule has 0 aliphatic carbocycles. The van der Waals surface area contributed by atoms with Crippen molar-refractivity contribution in [1.29, 1.82) is 0 Å². The first-order valence-electron chi connectivity index (χ1n) is 10.5. The van der Waals surface area contributed by atoms with Crippen LogP contribution >= 0.6 is 11.6 Å². The van der Waals surface area contributed by atoms with Crippen LogP contribution in [0.3, 0.4) is 0 Å². The van der Waals surface area contributed by atoms with Gasteiger partial charge in [0.25, 0.3) is 5.91 Å². The Hall–Kier alpha value is -3.14. The predicted molar refractivity (Wildman–Crippen MR) is 127 cm³/mol. The zero-order valence-corrected chi connectivity index (χ0v) is 18.9. The number of benzene rings is 2. The Morgan fingerprint density at radius 2 is 2.06 bits per heavy atom. The number of aliphatic hydroxyl groups is 1. The largest absolute Gasteiger partial charge is 0.489 e. The van der Waals surface area contributed by atoms with E-state index in [-0.39, 0.29) is 29.5 Å². The van der Waals surface area contributed by atoms with E-state index in [0.29, 0.717) is 22.3 Å². The minimum absolute atomic E-state index is 0.0446. The second-order valence-corrected chi connectivity index (χ2v) is 8.24. The lowest BCUT2D eigenvalue weighted by Gasteiger charge is -2.35. The van der Waals surface area contributed by atoms with E-state index in [1.807, 2.05) is 6.07 Å². The third kappa shape index (κ3) is 4.80. The van der Waals surface area contributed by atoms with Gasteiger partial charge in [-0.25, -0.2) is 4.39 Å². The van der Waals surface area contributed by atoms with Crippen LogP contribution < -0.4 is 20.7 Å². The average molecular weight is 474 g/mol. The number of amides is 1. The molecule has 0 unspecified atom stereocenters. The number of anilines is 3. The zero-order chi connectivity index (χ0) is 23.5. The van der Waals surface area contributed by atoms with Crippen LogP contribution in [-0.4, -0.2) is 67.3 Å². The van der Waals surface area contributed by atoms with Gasteiger partial charge in [0, 0.05) is 43.8 Å². The summed E-state index contributed by atoms with van der Waals surface area (Å²) in [6, 6.07) is 8.19. The van der Waals surface area contributed by atoms with Gasteiger partial charge in [-0.1, -0.05) is 17.7 Å². The van der Waals surface area contributed by atoms with Crippen LogP contribution in [0.5, 0.6) is 5.75 Å². The number of aliphatic hydroxyl groups excluding tert-OH is 1. The van der Waals surface area contributed by atoms with Crippen molar-refractivity contribution in [2.24, 2.45) is 5.73 Å². The number of fused-ring (bicyclic) bond motifs is 1. The van der Waals surface area contributed by atoms with Gasteiger partial charge in [0.15, 0.2) is 5.82 Å². The molecule has 1 amide bonds. The highest BCUT2D eigenvalue weighted by molar-refractivity contribution is 6.31. The lowest BCUT2D eigenvalue weighted by molar-refractivity contribution is 0.100. The molecule has 4 rings (SSSR count). The normalized spacial score (nSPS) is 14.5. The van der Waals surface area contributed by atoms with Crippen molar-refractivity contribution >= 4 is 45.5 Å². The maximum Gasteiger partial charge on any atom is 0.252 e. The zero-order valence-electron chi connectivity index (χ0n) is 18.1. The first kappa shape index (κ1) is 23.0. The maximum atomic E-state index is 14.6. The molecule has 33 heavy (non-hydrogen) atoms. The summed E-state index contributed by atoms with van der Waals surface area (Å²) in [5.74, 6) is -0.766. The molecule has 8 nitrogen and oxygen atoms in total. The molecule has 2 heterocycles. The van der Waals surface area contributed by atoms with Gasteiger partial charge in [-0.15, -0.1) is 0 Å². The molecule has 1 aliphatic rings. The smallest absolute Gasteiger partial charge is 0.252 e. The maximum absolute atomic E-state index is 14.6. The lowest BCUT2D eigenvalue weighted by Crippen LogP contribution is -2.44. The van der Waals surface area contributed by atoms with Gasteiger partial charge in [0.2, 0.25) is 0 Å². The van der Waals surface area contributed by atoms with E-state index in [2.05, 4.69) is 27.1 Å². The van der Waals surface area contributed by atoms with E-state index in [1.54, 1.807) is 12.1 Å². The fourth-order valence-corrected chi connectivity index (χ4v) is 4.01. The number of primary amides is 1. The number of piperazine rings is 1. The quantitative estimate of drug-likeness (QED) is 0.484. The van der Waals surface area contributed by atoms with Gasteiger partial charge in [-0.05, 0) is 25.2 Å². The molecule has 174 valence electrons. The Bertz CT molecular complexity index is 1180. The summed E-state index contributed by atoms with van der Waals surface area (Å²) < 4.78 is 20.5. The third-order valence-electron chi connectivity index (χ3n) is 5.62. The van der Waals surface area contributed by atoms with Gasteiger partial charge in [0.1, 0.15) is 12.4 Å². The molecule has 4 N–H and O–H groups in total. The number of hydrogen-bond acceptors (Lipinski definition) is 7. The van der Waals surface area contributed by atoms with Gasteiger partial charge in [0.05, 0.1) is 39.8 Å². The van der Waals surface area contributed by atoms with E-state index >= 15 is 0 Å². The predicted octanol–water partition coefficient (Wildman–Crippen LogP) is 2.99. The van der Waals surface area contributed by atoms with Crippen LogP contribution in [0.2, 0.25) is 5.02 Å². The number of pyridine rings is 1. The number of carbonyl (C=O) groups is 1. The van der Waals surface area contributed by atoms with Gasteiger partial charge < -0.3 is 30.7 Å². The highest BCUT2D eigenvalue weighted by Gasteiger charge is 2.22. The van der Waals surface area contributed by atoms with Crippen molar-refractivity contribution in [3.8, 4) is 5.75 Å². The second kappa shape index (κ2) is 9.78. The summed E-state index contributed by atoms with van der Waals surface area (Å²) in [5, 5.41) is 12.8. The topological polar surface area (TPSA) is 104 Å². The Labute approximate surface area is 195 Å². The molecule has 0 radical (unpaired) electrons. The van der Waals surface area contributed by atoms with Crippen LogP contribution in [0, 0.1) is 5.82 Å². The lowest BCUT2D eigenvalue weighted by atomic mass is 10.1. The van der Waals surface area contributed by atoms with Crippen molar-refractivity contribution in [2.75, 3.05) is 56.7 Å². The van der Waals surface area contributed by atoms with Crippen LogP contribution in [0.25, 0.3) is 10.9 Å². The molecule has 0 spiro atoms. The van der Waals surface area contributed by atoms with Crippen LogP contribution in [0.15, 0.2) is 36.5 Å². The van der Waals surface area contributed by atoms with Crippen molar-refractivity contribution < 1.29 is 19.0 Å². The van der Waals surface area contributed by atoms with Gasteiger partial charge in [-0.2, -0.15) is 0 Å². The summed E-state index contributed by atoms with van der Waals surface area (Å²) in [6.07, 6.45) is 1.35. The highest BCUT2D eigenvalue weighted by Crippen LogP contribution is 2.39. The highest BCUT2D eigenvalue weighted by atomic mass is 35.5. The molecule has 3 aromatic rings. The summed E-state index contributed by atoms with van der Waals surface area (Å²) >= 11 is 5.94. The van der Waals surface area contributed by atoms with Crippen molar-refractivity contribution in [3.63, 3.8) is 0 Å². The molecule has 2 aromatic carbocycles. The van der Waals surface area contributed by atoms with E-state index < -0.39 is 11.7 Å². The van der Waals surface area contributed by atoms with E-state index in [0.717, 1.165) is 31.9 Å². The van der Waals surface area contributed by atoms with Crippen LogP contribution in [-0.2, 0) is 0 Å². The molecular formula is C23H25ClFN5O3. The molecule has 1 fully saturated rings. The summed E-state index contributed by atoms with van der Waals surface area (Å²) in [5.41, 5.74) is 7.49. The molecule has 1 saturated heterocycles. The Morgan fingerprint density at radius 3 is 2.76 bits per heavy atom. The van der Waals surface area contributed by atoms with Gasteiger partial charge >= 0.3 is 0 Å². The minimum Gasteiger partial charge on any atom is -0.489 e. The van der Waals surface area contributed by atoms with Crippen molar-refractivity contribution in [3.05, 3.63) is 52.9 Å². The third-order valence-corrected chi connectivity index (χ3v) is 5.91. The van der Waals surface area contributed by atoms with E-state index in [1.165, 1.54) is 18.3 Å². The number of nitrogens with one attached hydrogen (secondary N) is 1. The molecule has 0 atom stereocenters. The second-order valence-electron chi connectivity index (χ2n) is 7.84. The average Bonchev–Trinajstić information content (AvgIpc) is 2.80. The number of likely N-dealkylation sites (N-methyl/N-ethyl adjacent to an activating group) is 1. The number of aromatic nitrogens is 1. The summed E-state index contributed by atoms with van der Waals surface area (Å²) in [4.78, 5) is 21.0. The fraction of sp³-hybridized carbons (Fsp3) is 0.304. The van der Waals surface area contributed by atoms with Gasteiger partial charge in [-0.3, -0.25) is 9.78 Å². The van der Waals surface area contributed by atoms with E-state index in [4.69, 9.17) is 22.1 Å². The monoisotopic (exact) mass is 473 g/mol. The first-order valence-corrected chi connectivity index (χ1v) is 10.9. The fourth-order valence-electron chi connectivity index (χ4n) is 3.83. The number of nitrogens with two attached hydrogens (primary N) is 1. The SMILES string of the molecule is CN1CCN(c2cc3c(Nc4cccc(Cl)c4F)c(C(N)=O)cnc3cc2OCCO)CC1. The van der Waals surface area contributed by atoms with Crippen LogP contribution in [0.4, 0.5) is 21.5 Å². The molecule has 1 aromatic heterocycles. The Kier molecular flexibility index (Phi) is 6.83. The number of nitrogens with zero attached hydrogens (tertiary/aromatic N) is 3. The van der Waals surface area contributed by atoms with Crippen molar-refractivity contribution in [2.45, 2.75) is 0 Å². The van der Waals surface area contributed by atoms with Crippen molar-refractivity contribution in [1.82, 2.24) is 9.88 Å². The number of halogens is 2. The molecule has 10 heteroatoms. The molecular weight excluding hydrogens is 449 g/mol. The summed E-state index contributed by atoms with van der Waals surface area (Å²) in [7, 11) is 2.06. The Morgan fingerprint density at radius 1 is 1.30 bits per heavy atom. The first-order chi connectivity index (χ1) is 15.9. The molecule has 1 aliphatic heterocycles. The Balaban J connectivity index is 1.89. The number of rotatable bonds is 7. The van der Waals surface area contributed by atoms with Crippen LogP contribution in [0.1, 0.15) is 10.4 Å². The molecule has 0 saturated carbocycles.